The molecule has 2 aliphatic rings. The van der Waals surface area contributed by atoms with Crippen LogP contribution in [0.5, 0.6) is 0 Å². The molecular weight excluding hydrogens is 313 g/mol. The second kappa shape index (κ2) is 5.99. The monoisotopic (exact) mass is 329 g/mol. The van der Waals surface area contributed by atoms with Crippen LogP contribution in [0.15, 0.2) is 12.1 Å². The average Bonchev–Trinajstić information content (AvgIpc) is 2.86. The Bertz CT molecular complexity index is 544. The van der Waals surface area contributed by atoms with Crippen LogP contribution in [0.3, 0.4) is 0 Å². The number of nitrogens with zero attached hydrogens (tertiary/aromatic N) is 2. The first-order valence-electron chi connectivity index (χ1n) is 7.20. The Morgan fingerprint density at radius 3 is 2.57 bits per heavy atom. The van der Waals surface area contributed by atoms with Crippen LogP contribution in [0, 0.1) is 10.1 Å². The highest BCUT2D eigenvalue weighted by atomic mass is 35.5. The summed E-state index contributed by atoms with van der Waals surface area (Å²) in [7, 11) is 0. The number of fused-ring (bicyclic) bond motifs is 1. The molecule has 2 unspecified atom stereocenters. The second-order valence-corrected chi connectivity index (χ2v) is 6.49. The Labute approximate surface area is 133 Å². The molecule has 2 aliphatic heterocycles. The normalized spacial score (nSPS) is 25.6. The number of halogens is 2. The number of rotatable bonds is 3. The van der Waals surface area contributed by atoms with Crippen LogP contribution in [0.4, 0.5) is 11.4 Å². The molecule has 0 amide bonds. The van der Waals surface area contributed by atoms with Gasteiger partial charge in [0.25, 0.3) is 5.69 Å². The van der Waals surface area contributed by atoms with Crippen molar-refractivity contribution in [2.45, 2.75) is 37.8 Å². The van der Waals surface area contributed by atoms with Crippen LogP contribution < -0.4 is 5.32 Å². The lowest BCUT2D eigenvalue weighted by Gasteiger charge is -2.33. The zero-order valence-corrected chi connectivity index (χ0v) is 13.0. The van der Waals surface area contributed by atoms with Crippen LogP contribution in [-0.4, -0.2) is 35.0 Å². The van der Waals surface area contributed by atoms with E-state index in [-0.39, 0.29) is 5.69 Å². The first kappa shape index (κ1) is 14.9. The number of hydrogen-bond acceptors (Lipinski definition) is 4. The molecular formula is C14H17Cl2N3O2. The van der Waals surface area contributed by atoms with Crippen LogP contribution in [-0.2, 0) is 0 Å². The van der Waals surface area contributed by atoms with Crippen LogP contribution in [0.25, 0.3) is 0 Å². The quantitative estimate of drug-likeness (QED) is 0.674. The predicted octanol–water partition coefficient (Wildman–Crippen LogP) is 3.94. The van der Waals surface area contributed by atoms with E-state index >= 15 is 0 Å². The van der Waals surface area contributed by atoms with Gasteiger partial charge in [-0.05, 0) is 25.8 Å². The number of non-ortho nitro benzene ring substituents is 1. The number of hydrogen-bond donors (Lipinski definition) is 1. The number of anilines is 1. The van der Waals surface area contributed by atoms with Gasteiger partial charge in [0.1, 0.15) is 0 Å². The van der Waals surface area contributed by atoms with Crippen molar-refractivity contribution < 1.29 is 4.92 Å². The van der Waals surface area contributed by atoms with Gasteiger partial charge in [-0.1, -0.05) is 29.6 Å². The molecule has 0 aromatic heterocycles. The summed E-state index contributed by atoms with van der Waals surface area (Å²) >= 11 is 12.3. The van der Waals surface area contributed by atoms with Gasteiger partial charge in [0.05, 0.1) is 20.7 Å². The largest absolute Gasteiger partial charge is 0.378 e. The van der Waals surface area contributed by atoms with Crippen molar-refractivity contribution in [2.24, 2.45) is 0 Å². The summed E-state index contributed by atoms with van der Waals surface area (Å²) in [5, 5.41) is 14.8. The first-order chi connectivity index (χ1) is 10.1. The van der Waals surface area contributed by atoms with E-state index in [0.29, 0.717) is 27.8 Å². The highest BCUT2D eigenvalue weighted by molar-refractivity contribution is 6.39. The van der Waals surface area contributed by atoms with E-state index in [0.717, 1.165) is 19.5 Å². The van der Waals surface area contributed by atoms with Crippen LogP contribution >= 0.6 is 23.2 Å². The lowest BCUT2D eigenvalue weighted by molar-refractivity contribution is -0.384. The zero-order valence-electron chi connectivity index (χ0n) is 11.5. The fourth-order valence-corrected chi connectivity index (χ4v) is 3.99. The Morgan fingerprint density at radius 2 is 1.90 bits per heavy atom. The molecule has 2 atom stereocenters. The fraction of sp³-hybridized carbons (Fsp3) is 0.571. The van der Waals surface area contributed by atoms with Crippen molar-refractivity contribution in [3.8, 4) is 0 Å². The Kier molecular flexibility index (Phi) is 4.24. The van der Waals surface area contributed by atoms with Gasteiger partial charge in [-0.25, -0.2) is 0 Å². The van der Waals surface area contributed by atoms with Gasteiger partial charge in [-0.2, -0.15) is 0 Å². The second-order valence-electron chi connectivity index (χ2n) is 5.68. The lowest BCUT2D eigenvalue weighted by atomic mass is 9.99. The number of nitro groups is 1. The van der Waals surface area contributed by atoms with E-state index in [1.54, 1.807) is 0 Å². The third kappa shape index (κ3) is 2.96. The van der Waals surface area contributed by atoms with Crippen molar-refractivity contribution in [3.05, 3.63) is 32.3 Å². The van der Waals surface area contributed by atoms with Crippen molar-refractivity contribution in [1.29, 1.82) is 0 Å². The lowest BCUT2D eigenvalue weighted by Crippen LogP contribution is -2.41. The molecule has 0 radical (unpaired) electrons. The Hall–Kier alpha value is -1.04. The molecule has 1 aromatic rings. The highest BCUT2D eigenvalue weighted by Crippen LogP contribution is 2.37. The highest BCUT2D eigenvalue weighted by Gasteiger charge is 2.36. The van der Waals surface area contributed by atoms with Crippen molar-refractivity contribution in [2.75, 3.05) is 18.4 Å². The molecule has 3 rings (SSSR count). The van der Waals surface area contributed by atoms with Crippen molar-refractivity contribution in [1.82, 2.24) is 4.90 Å². The van der Waals surface area contributed by atoms with Gasteiger partial charge < -0.3 is 5.32 Å². The average molecular weight is 330 g/mol. The summed E-state index contributed by atoms with van der Waals surface area (Å²) in [5.41, 5.74) is 0.530. The summed E-state index contributed by atoms with van der Waals surface area (Å²) in [6, 6.07) is 3.52. The number of piperidine rings is 1. The molecule has 0 bridgehead atoms. The summed E-state index contributed by atoms with van der Waals surface area (Å²) in [4.78, 5) is 12.8. The van der Waals surface area contributed by atoms with Crippen LogP contribution in [0.2, 0.25) is 10.0 Å². The predicted molar refractivity (Wildman–Crippen MR) is 84.4 cm³/mol. The third-order valence-corrected chi connectivity index (χ3v) is 5.02. The van der Waals surface area contributed by atoms with Crippen molar-refractivity contribution in [3.63, 3.8) is 0 Å². The molecule has 0 spiro atoms. The topological polar surface area (TPSA) is 58.4 Å². The number of nitro benzene ring substituents is 1. The Balaban J connectivity index is 1.80. The van der Waals surface area contributed by atoms with Crippen molar-refractivity contribution >= 4 is 34.6 Å². The molecule has 1 N–H and O–H groups in total. The standard InChI is InChI=1S/C14H17Cl2N3O2/c15-10-7-9(19(20)21)8-11(16)14(10)17-12-4-6-18-5-2-1-3-13(12)18/h7-8,12-13,17H,1-6H2. The molecule has 5 nitrogen and oxygen atoms in total. The third-order valence-electron chi connectivity index (χ3n) is 4.42. The van der Waals surface area contributed by atoms with Gasteiger partial charge in [-0.3, -0.25) is 15.0 Å². The maximum absolute atomic E-state index is 10.8. The molecule has 2 heterocycles. The minimum Gasteiger partial charge on any atom is -0.378 e. The zero-order chi connectivity index (χ0) is 15.0. The minimum absolute atomic E-state index is 0.0822. The molecule has 1 aromatic carbocycles. The minimum atomic E-state index is -0.486. The summed E-state index contributed by atoms with van der Waals surface area (Å²) in [6.45, 7) is 2.25. The van der Waals surface area contributed by atoms with Gasteiger partial charge in [0, 0.05) is 30.8 Å². The fourth-order valence-electron chi connectivity index (χ4n) is 3.40. The molecule has 7 heteroatoms. The molecule has 21 heavy (non-hydrogen) atoms. The van der Waals surface area contributed by atoms with E-state index in [2.05, 4.69) is 10.2 Å². The number of benzene rings is 1. The van der Waals surface area contributed by atoms with E-state index in [1.165, 1.54) is 31.4 Å². The maximum Gasteiger partial charge on any atom is 0.272 e. The number of nitrogens with one attached hydrogen (secondary N) is 1. The van der Waals surface area contributed by atoms with Gasteiger partial charge in [0.15, 0.2) is 0 Å². The van der Waals surface area contributed by atoms with E-state index in [4.69, 9.17) is 23.2 Å². The van der Waals surface area contributed by atoms with Crippen LogP contribution in [0.1, 0.15) is 25.7 Å². The smallest absolute Gasteiger partial charge is 0.272 e. The maximum atomic E-state index is 10.8. The van der Waals surface area contributed by atoms with Gasteiger partial charge in [-0.15, -0.1) is 0 Å². The van der Waals surface area contributed by atoms with E-state index in [9.17, 15) is 10.1 Å². The Morgan fingerprint density at radius 1 is 1.19 bits per heavy atom. The molecule has 0 saturated carbocycles. The molecule has 2 saturated heterocycles. The summed E-state index contributed by atoms with van der Waals surface area (Å²) in [5.74, 6) is 0. The van der Waals surface area contributed by atoms with E-state index in [1.807, 2.05) is 0 Å². The molecule has 0 aliphatic carbocycles. The first-order valence-corrected chi connectivity index (χ1v) is 7.96. The van der Waals surface area contributed by atoms with Gasteiger partial charge in [0.2, 0.25) is 0 Å². The van der Waals surface area contributed by atoms with Gasteiger partial charge >= 0.3 is 0 Å². The summed E-state index contributed by atoms with van der Waals surface area (Å²) in [6.07, 6.45) is 4.75. The molecule has 114 valence electrons. The summed E-state index contributed by atoms with van der Waals surface area (Å²) < 4.78 is 0. The molecule has 2 fully saturated rings. The SMILES string of the molecule is O=[N+]([O-])c1cc(Cl)c(NC2CCN3CCCCC23)c(Cl)c1. The van der Waals surface area contributed by atoms with E-state index < -0.39 is 4.92 Å².